The molecule has 1 aromatic heterocycles. The monoisotopic (exact) mass is 221 g/mol. The van der Waals surface area contributed by atoms with Crippen LogP contribution in [0.2, 0.25) is 0 Å². The summed E-state index contributed by atoms with van der Waals surface area (Å²) in [6.07, 6.45) is 0. The molecule has 0 atom stereocenters. The lowest BCUT2D eigenvalue weighted by molar-refractivity contribution is 0.210. The largest absolute Gasteiger partial charge is 0.383 e. The summed E-state index contributed by atoms with van der Waals surface area (Å²) in [7, 11) is 1.65. The van der Waals surface area contributed by atoms with Gasteiger partial charge in [-0.1, -0.05) is 0 Å². The van der Waals surface area contributed by atoms with Crippen molar-refractivity contribution in [3.8, 4) is 6.07 Å². The topological polar surface area (TPSA) is 82.9 Å². The van der Waals surface area contributed by atoms with E-state index in [4.69, 9.17) is 10.00 Å². The minimum atomic E-state index is 0.230. The van der Waals surface area contributed by atoms with Crippen molar-refractivity contribution in [2.24, 2.45) is 0 Å². The molecule has 86 valence electrons. The molecular formula is C10H15N5O. The number of aryl methyl sites for hydroxylation is 1. The third-order valence-electron chi connectivity index (χ3n) is 1.80. The molecule has 0 amide bonds. The van der Waals surface area contributed by atoms with E-state index in [-0.39, 0.29) is 6.54 Å². The van der Waals surface area contributed by atoms with Gasteiger partial charge < -0.3 is 15.4 Å². The summed E-state index contributed by atoms with van der Waals surface area (Å²) in [5, 5.41) is 14.4. The van der Waals surface area contributed by atoms with Crippen molar-refractivity contribution >= 4 is 11.6 Å². The third kappa shape index (κ3) is 4.11. The number of anilines is 2. The summed E-state index contributed by atoms with van der Waals surface area (Å²) in [6.45, 7) is 3.33. The molecule has 1 aromatic rings. The maximum absolute atomic E-state index is 8.45. The van der Waals surface area contributed by atoms with Gasteiger partial charge in [-0.15, -0.1) is 0 Å². The van der Waals surface area contributed by atoms with Crippen LogP contribution in [0, 0.1) is 18.3 Å². The zero-order valence-electron chi connectivity index (χ0n) is 9.45. The highest BCUT2D eigenvalue weighted by Gasteiger charge is 2.00. The van der Waals surface area contributed by atoms with Crippen LogP contribution in [-0.4, -0.2) is 36.8 Å². The van der Waals surface area contributed by atoms with Gasteiger partial charge in [0.05, 0.1) is 12.7 Å². The van der Waals surface area contributed by atoms with Crippen LogP contribution in [0.4, 0.5) is 11.6 Å². The van der Waals surface area contributed by atoms with Crippen LogP contribution in [-0.2, 0) is 4.74 Å². The van der Waals surface area contributed by atoms with Gasteiger partial charge >= 0.3 is 0 Å². The average Bonchev–Trinajstić information content (AvgIpc) is 2.26. The summed E-state index contributed by atoms with van der Waals surface area (Å²) in [4.78, 5) is 8.37. The zero-order valence-corrected chi connectivity index (χ0v) is 9.45. The summed E-state index contributed by atoms with van der Waals surface area (Å²) < 4.78 is 4.92. The van der Waals surface area contributed by atoms with Crippen LogP contribution < -0.4 is 10.6 Å². The van der Waals surface area contributed by atoms with Crippen molar-refractivity contribution in [2.45, 2.75) is 6.92 Å². The lowest BCUT2D eigenvalue weighted by Crippen LogP contribution is -2.11. The standard InChI is InChI=1S/C10H15N5O/c1-8-14-9(12-4-3-11)7-10(15-8)13-5-6-16-2/h7H,4-6H2,1-2H3,(H2,12,13,14,15). The molecule has 0 spiro atoms. The predicted molar refractivity (Wildman–Crippen MR) is 61.2 cm³/mol. The highest BCUT2D eigenvalue weighted by atomic mass is 16.5. The second-order valence-corrected chi connectivity index (χ2v) is 3.12. The Bertz CT molecular complexity index is 374. The molecule has 0 aliphatic heterocycles. The minimum absolute atomic E-state index is 0.230. The van der Waals surface area contributed by atoms with Gasteiger partial charge in [-0.25, -0.2) is 9.97 Å². The van der Waals surface area contributed by atoms with Crippen molar-refractivity contribution in [1.29, 1.82) is 5.26 Å². The second-order valence-electron chi connectivity index (χ2n) is 3.12. The van der Waals surface area contributed by atoms with Gasteiger partial charge in [-0.2, -0.15) is 5.26 Å². The van der Waals surface area contributed by atoms with Crippen molar-refractivity contribution in [2.75, 3.05) is 37.4 Å². The smallest absolute Gasteiger partial charge is 0.132 e. The van der Waals surface area contributed by atoms with Crippen molar-refractivity contribution in [1.82, 2.24) is 9.97 Å². The molecule has 0 fully saturated rings. The van der Waals surface area contributed by atoms with Crippen molar-refractivity contribution in [3.63, 3.8) is 0 Å². The minimum Gasteiger partial charge on any atom is -0.383 e. The molecule has 0 aromatic carbocycles. The summed E-state index contributed by atoms with van der Waals surface area (Å²) in [5.74, 6) is 2.03. The number of nitrogens with zero attached hydrogens (tertiary/aromatic N) is 3. The van der Waals surface area contributed by atoms with Gasteiger partial charge in [0.1, 0.15) is 24.0 Å². The van der Waals surface area contributed by atoms with E-state index < -0.39 is 0 Å². The highest BCUT2D eigenvalue weighted by molar-refractivity contribution is 5.47. The normalized spacial score (nSPS) is 9.56. The number of nitrogens with one attached hydrogen (secondary N) is 2. The maximum atomic E-state index is 8.45. The molecule has 6 nitrogen and oxygen atoms in total. The molecule has 0 aliphatic rings. The molecule has 16 heavy (non-hydrogen) atoms. The lowest BCUT2D eigenvalue weighted by Gasteiger charge is -2.08. The van der Waals surface area contributed by atoms with Gasteiger partial charge in [-0.05, 0) is 6.92 Å². The second kappa shape index (κ2) is 6.58. The first-order valence-electron chi connectivity index (χ1n) is 4.95. The fourth-order valence-electron chi connectivity index (χ4n) is 1.16. The zero-order chi connectivity index (χ0) is 11.8. The Morgan fingerprint density at radius 3 is 2.69 bits per heavy atom. The van der Waals surface area contributed by atoms with Crippen molar-refractivity contribution < 1.29 is 4.74 Å². The fraction of sp³-hybridized carbons (Fsp3) is 0.500. The first-order valence-corrected chi connectivity index (χ1v) is 4.95. The van der Waals surface area contributed by atoms with Gasteiger partial charge in [0.25, 0.3) is 0 Å². The van der Waals surface area contributed by atoms with Crippen LogP contribution in [0.5, 0.6) is 0 Å². The molecule has 2 N–H and O–H groups in total. The SMILES string of the molecule is COCCNc1cc(NCC#N)nc(C)n1. The average molecular weight is 221 g/mol. The first kappa shape index (κ1) is 12.2. The number of rotatable bonds is 6. The Balaban J connectivity index is 2.62. The fourth-order valence-corrected chi connectivity index (χ4v) is 1.16. The summed E-state index contributed by atoms with van der Waals surface area (Å²) in [5.41, 5.74) is 0. The van der Waals surface area contributed by atoms with E-state index in [0.29, 0.717) is 24.8 Å². The Morgan fingerprint density at radius 2 is 2.06 bits per heavy atom. The molecule has 1 heterocycles. The number of methoxy groups -OCH3 is 1. The predicted octanol–water partition coefficient (Wildman–Crippen LogP) is 0.779. The lowest BCUT2D eigenvalue weighted by atomic mass is 10.4. The summed E-state index contributed by atoms with van der Waals surface area (Å²) in [6, 6.07) is 3.76. The van der Waals surface area contributed by atoms with E-state index in [1.165, 1.54) is 0 Å². The Morgan fingerprint density at radius 1 is 1.38 bits per heavy atom. The van der Waals surface area contributed by atoms with Crippen LogP contribution in [0.15, 0.2) is 6.07 Å². The third-order valence-corrected chi connectivity index (χ3v) is 1.80. The number of aromatic nitrogens is 2. The van der Waals surface area contributed by atoms with E-state index in [1.807, 2.05) is 6.07 Å². The molecule has 0 bridgehead atoms. The van der Waals surface area contributed by atoms with Gasteiger partial charge in [0, 0.05) is 19.7 Å². The van der Waals surface area contributed by atoms with E-state index in [2.05, 4.69) is 20.6 Å². The molecule has 0 aliphatic carbocycles. The molecule has 6 heteroatoms. The van der Waals surface area contributed by atoms with Crippen molar-refractivity contribution in [3.05, 3.63) is 11.9 Å². The highest BCUT2D eigenvalue weighted by Crippen LogP contribution is 2.10. The Hall–Kier alpha value is -1.87. The number of nitriles is 1. The molecule has 0 radical (unpaired) electrons. The van der Waals surface area contributed by atoms with Crippen LogP contribution in [0.3, 0.4) is 0 Å². The van der Waals surface area contributed by atoms with Gasteiger partial charge in [-0.3, -0.25) is 0 Å². The molecular weight excluding hydrogens is 206 g/mol. The first-order chi connectivity index (χ1) is 7.76. The van der Waals surface area contributed by atoms with E-state index in [0.717, 1.165) is 5.82 Å². The van der Waals surface area contributed by atoms with Crippen LogP contribution in [0.1, 0.15) is 5.82 Å². The molecule has 0 saturated carbocycles. The quantitative estimate of drug-likeness (QED) is 0.545. The van der Waals surface area contributed by atoms with E-state index in [1.54, 1.807) is 20.1 Å². The number of hydrogen-bond donors (Lipinski definition) is 2. The molecule has 0 saturated heterocycles. The maximum Gasteiger partial charge on any atom is 0.132 e. The Labute approximate surface area is 94.7 Å². The number of hydrogen-bond acceptors (Lipinski definition) is 6. The Kier molecular flexibility index (Phi) is 5.02. The number of ether oxygens (including phenoxy) is 1. The van der Waals surface area contributed by atoms with Crippen LogP contribution >= 0.6 is 0 Å². The van der Waals surface area contributed by atoms with Crippen LogP contribution in [0.25, 0.3) is 0 Å². The molecule has 1 rings (SSSR count). The summed E-state index contributed by atoms with van der Waals surface area (Å²) >= 11 is 0. The van der Waals surface area contributed by atoms with E-state index >= 15 is 0 Å². The van der Waals surface area contributed by atoms with Gasteiger partial charge in [0.15, 0.2) is 0 Å². The van der Waals surface area contributed by atoms with E-state index in [9.17, 15) is 0 Å². The molecule has 0 unspecified atom stereocenters. The van der Waals surface area contributed by atoms with Gasteiger partial charge in [0.2, 0.25) is 0 Å².